The number of ether oxygens (including phenoxy) is 8. The smallest absolute Gasteiger partial charge is 0.414 e. The highest BCUT2D eigenvalue weighted by Crippen LogP contribution is 2.41. The van der Waals surface area contributed by atoms with E-state index in [4.69, 9.17) is 37.9 Å². The summed E-state index contributed by atoms with van der Waals surface area (Å²) in [6.45, 7) is 26.0. The highest BCUT2D eigenvalue weighted by molar-refractivity contribution is 6.07. The monoisotopic (exact) mass is 1400 g/mol. The van der Waals surface area contributed by atoms with Crippen molar-refractivity contribution in [3.8, 4) is 23.0 Å². The molecular formula is C73H92N10O18. The Kier molecular flexibility index (Phi) is 28.5. The van der Waals surface area contributed by atoms with Crippen LogP contribution in [-0.4, -0.2) is 162 Å². The molecule has 1 fully saturated rings. The third kappa shape index (κ3) is 21.7. The number of alkyl carbamates (subject to hydrolysis) is 2. The minimum absolute atomic E-state index is 0.0388. The van der Waals surface area contributed by atoms with E-state index in [2.05, 4.69) is 63.5 Å². The van der Waals surface area contributed by atoms with Crippen LogP contribution in [-0.2, 0) is 51.3 Å². The van der Waals surface area contributed by atoms with Crippen molar-refractivity contribution in [2.24, 2.45) is 11.8 Å². The van der Waals surface area contributed by atoms with Crippen molar-refractivity contribution >= 4 is 82.6 Å². The first-order chi connectivity index (χ1) is 48.3. The highest BCUT2D eigenvalue weighted by Gasteiger charge is 2.41. The summed E-state index contributed by atoms with van der Waals surface area (Å²) in [5.41, 5.74) is 4.41. The molecule has 0 unspecified atom stereocenters. The minimum Gasteiger partial charge on any atom is -0.493 e. The van der Waals surface area contributed by atoms with Crippen LogP contribution in [0.25, 0.3) is 0 Å². The number of unbranched alkanes of at least 4 members (excludes halogenated alkanes) is 2. The van der Waals surface area contributed by atoms with E-state index in [1.807, 2.05) is 0 Å². The van der Waals surface area contributed by atoms with Crippen LogP contribution in [0, 0.1) is 11.8 Å². The lowest BCUT2D eigenvalue weighted by atomic mass is 10.0. The molecule has 3 aliphatic rings. The molecule has 0 bridgehead atoms. The number of methoxy groups -OCH3 is 2. The maximum atomic E-state index is 14.3. The van der Waals surface area contributed by atoms with Crippen LogP contribution >= 0.6 is 0 Å². The van der Waals surface area contributed by atoms with E-state index in [1.54, 1.807) is 99.3 Å². The molecule has 5 atom stereocenters. The Morgan fingerprint density at radius 2 is 1.04 bits per heavy atom. The van der Waals surface area contributed by atoms with Gasteiger partial charge in [-0.05, 0) is 112 Å². The predicted molar refractivity (Wildman–Crippen MR) is 377 cm³/mol. The first-order valence-electron chi connectivity index (χ1n) is 33.3. The van der Waals surface area contributed by atoms with E-state index in [0.29, 0.717) is 67.6 Å². The van der Waals surface area contributed by atoms with Gasteiger partial charge in [0.25, 0.3) is 11.8 Å². The predicted octanol–water partition coefficient (Wildman–Crippen LogP) is 9.24. The van der Waals surface area contributed by atoms with Gasteiger partial charge in [0.2, 0.25) is 23.6 Å². The molecule has 7 rings (SSSR count). The lowest BCUT2D eigenvalue weighted by Gasteiger charge is -2.27. The van der Waals surface area contributed by atoms with Gasteiger partial charge in [-0.3, -0.25) is 38.6 Å². The zero-order valence-corrected chi connectivity index (χ0v) is 58.5. The third-order valence-corrected chi connectivity index (χ3v) is 16.6. The van der Waals surface area contributed by atoms with E-state index < -0.39 is 78.1 Å². The van der Waals surface area contributed by atoms with Gasteiger partial charge < -0.3 is 80.0 Å². The van der Waals surface area contributed by atoms with Crippen LogP contribution in [0.2, 0.25) is 0 Å². The topological polar surface area (TPSA) is 338 Å². The molecule has 542 valence electrons. The molecule has 10 amide bonds. The average molecular weight is 1400 g/mol. The van der Waals surface area contributed by atoms with Crippen molar-refractivity contribution in [3.63, 3.8) is 0 Å². The van der Waals surface area contributed by atoms with Crippen LogP contribution in [0.5, 0.6) is 23.0 Å². The molecule has 28 nitrogen and oxygen atoms in total. The fraction of sp³-hybridized carbons (Fsp3) is 0.425. The Hall–Kier alpha value is -11.1. The largest absolute Gasteiger partial charge is 0.493 e. The lowest BCUT2D eigenvalue weighted by Crippen LogP contribution is -2.53. The van der Waals surface area contributed by atoms with E-state index in [1.165, 1.54) is 56.1 Å². The number of amides is 10. The molecule has 101 heavy (non-hydrogen) atoms. The van der Waals surface area contributed by atoms with Gasteiger partial charge >= 0.3 is 24.4 Å². The molecule has 3 aliphatic heterocycles. The Labute approximate surface area is 587 Å². The van der Waals surface area contributed by atoms with Crippen molar-refractivity contribution in [1.29, 1.82) is 0 Å². The second-order valence-corrected chi connectivity index (χ2v) is 25.1. The number of anilines is 4. The number of carbonyl (C=O) groups is 10. The molecule has 0 spiro atoms. The number of nitrogens with zero attached hydrogens (tertiary/aromatic N) is 3. The third-order valence-electron chi connectivity index (χ3n) is 16.6. The van der Waals surface area contributed by atoms with Gasteiger partial charge in [-0.15, -0.1) is 0 Å². The van der Waals surface area contributed by atoms with E-state index in [-0.39, 0.29) is 129 Å². The van der Waals surface area contributed by atoms with Gasteiger partial charge in [0, 0.05) is 43.1 Å². The zero-order valence-electron chi connectivity index (χ0n) is 58.5. The average Bonchev–Trinajstić information content (AvgIpc) is 1.66. The molecule has 0 aromatic heterocycles. The second-order valence-electron chi connectivity index (χ2n) is 25.1. The van der Waals surface area contributed by atoms with E-state index >= 15 is 0 Å². The van der Waals surface area contributed by atoms with Crippen molar-refractivity contribution in [2.45, 2.75) is 123 Å². The summed E-state index contributed by atoms with van der Waals surface area (Å²) in [5.74, 6) is -2.55. The molecule has 0 radical (unpaired) electrons. The molecule has 3 heterocycles. The zero-order chi connectivity index (χ0) is 73.4. The Morgan fingerprint density at radius 1 is 0.574 bits per heavy atom. The SMILES string of the molecule is C=CCOC(=O)N[C@H](C(=O)N[C@@H](C)C(=O)Nc1ccc(COC(=O)N2CCCC(=C)CNC(=O)c3cc(OC)c(OCCCCCOc4cc5c(cc4OC)C(=O)N4CC(=C)C[C@H]4CN5C(=O)OCc4ccc(NC(=O)[C@H](C)NC(=O)[C@@H](NC(=O)OCC=C)C(C)C)cc4)cc32)cc1)C(C)C. The highest BCUT2D eigenvalue weighted by atomic mass is 16.6. The molecule has 4 aromatic rings. The molecule has 7 N–H and O–H groups in total. The standard InChI is InChI=1S/C73H92N10O18/c1-13-29-98-70(90)79-62(43(3)4)67(87)75-47(9)64(84)77-51-24-20-49(21-25-51)41-100-72(92)81-28-18-19-45(7)38-74-66(86)54-34-58(94-11)60(36-56(54)81)96-31-16-15-17-32-97-61-37-57-55(35-59(61)95-12)69(89)82-39-46(8)33-53(82)40-83(57)73(93)101-42-50-22-26-52(27-23-50)78-65(85)48(10)76-68(88)63(44(5)6)80-71(91)99-30-14-2/h13-14,20-27,34-37,43-44,47-48,53,62-63H,1-2,7-8,15-19,28-33,38-42H2,3-6,9-12H3,(H,74,86)(H,75,87)(H,76,88)(H,77,84)(H,78,85)(H,79,90)(H,80,91)/t47-,48-,53-,62-,63-/m0/s1. The van der Waals surface area contributed by atoms with Crippen LogP contribution in [0.4, 0.5) is 41.9 Å². The number of fused-ring (bicyclic) bond motifs is 3. The molecule has 0 aliphatic carbocycles. The van der Waals surface area contributed by atoms with E-state index in [0.717, 1.165) is 11.1 Å². The van der Waals surface area contributed by atoms with Gasteiger partial charge in [-0.25, -0.2) is 19.2 Å². The number of nitrogens with one attached hydrogen (secondary N) is 7. The van der Waals surface area contributed by atoms with E-state index in [9.17, 15) is 47.9 Å². The molecule has 0 saturated carbocycles. The van der Waals surface area contributed by atoms with Gasteiger partial charge in [0.1, 0.15) is 50.6 Å². The molecular weight excluding hydrogens is 1300 g/mol. The summed E-state index contributed by atoms with van der Waals surface area (Å²) >= 11 is 0. The summed E-state index contributed by atoms with van der Waals surface area (Å²) < 4.78 is 45.8. The number of hydrogen-bond acceptors (Lipinski definition) is 18. The molecule has 4 aromatic carbocycles. The second kappa shape index (κ2) is 37.2. The summed E-state index contributed by atoms with van der Waals surface area (Å²) in [5, 5.41) is 18.7. The van der Waals surface area contributed by atoms with Crippen LogP contribution in [0.3, 0.4) is 0 Å². The fourth-order valence-electron chi connectivity index (χ4n) is 11.0. The normalized spacial score (nSPS) is 15.4. The van der Waals surface area contributed by atoms with Crippen LogP contribution < -0.4 is 66.0 Å². The molecule has 28 heteroatoms. The maximum absolute atomic E-state index is 14.3. The maximum Gasteiger partial charge on any atom is 0.414 e. The Balaban J connectivity index is 0.947. The summed E-state index contributed by atoms with van der Waals surface area (Å²) in [6, 6.07) is 15.1. The van der Waals surface area contributed by atoms with Crippen molar-refractivity contribution in [2.75, 3.05) is 87.3 Å². The van der Waals surface area contributed by atoms with Crippen LogP contribution in [0.15, 0.2) is 122 Å². The summed E-state index contributed by atoms with van der Waals surface area (Å²) in [6.07, 6.45) is 2.88. The van der Waals surface area contributed by atoms with Crippen LogP contribution in [0.1, 0.15) is 112 Å². The summed E-state index contributed by atoms with van der Waals surface area (Å²) in [7, 11) is 2.90. The fourth-order valence-corrected chi connectivity index (χ4v) is 11.0. The van der Waals surface area contributed by atoms with Gasteiger partial charge in [-0.2, -0.15) is 0 Å². The Morgan fingerprint density at radius 3 is 1.50 bits per heavy atom. The number of benzene rings is 4. The van der Waals surface area contributed by atoms with Crippen molar-refractivity contribution in [3.05, 3.63) is 145 Å². The molecule has 1 saturated heterocycles. The first kappa shape index (κ1) is 77.3. The van der Waals surface area contributed by atoms with Gasteiger partial charge in [0.05, 0.1) is 62.5 Å². The lowest BCUT2D eigenvalue weighted by molar-refractivity contribution is -0.128. The quantitative estimate of drug-likeness (QED) is 0.0145. The number of hydrogen-bond donors (Lipinski definition) is 7. The van der Waals surface area contributed by atoms with Gasteiger partial charge in [0.15, 0.2) is 23.0 Å². The number of carbonyl (C=O) groups excluding carboxylic acids is 10. The minimum atomic E-state index is -0.986. The Bertz CT molecular complexity index is 3690. The number of rotatable bonds is 30. The van der Waals surface area contributed by atoms with Gasteiger partial charge in [-0.1, -0.05) is 102 Å². The van der Waals surface area contributed by atoms with Crippen molar-refractivity contribution < 1.29 is 85.8 Å². The summed E-state index contributed by atoms with van der Waals surface area (Å²) in [4.78, 5) is 138. The first-order valence-corrected chi connectivity index (χ1v) is 33.3. The van der Waals surface area contributed by atoms with Crippen molar-refractivity contribution in [1.82, 2.24) is 31.5 Å².